The van der Waals surface area contributed by atoms with E-state index in [1.165, 1.54) is 66.2 Å². The summed E-state index contributed by atoms with van der Waals surface area (Å²) in [4.78, 5) is 0. The fourth-order valence-corrected chi connectivity index (χ4v) is 6.03. The third-order valence-corrected chi connectivity index (χ3v) is 8.11. The molecule has 3 nitrogen and oxygen atoms in total. The van der Waals surface area contributed by atoms with Crippen molar-refractivity contribution in [3.8, 4) is 22.5 Å². The normalized spacial score (nSPS) is 11.9. The zero-order valence-corrected chi connectivity index (χ0v) is 23.0. The molecule has 0 aliphatic carbocycles. The van der Waals surface area contributed by atoms with E-state index < -0.39 is 0 Å². The highest BCUT2D eigenvalue weighted by molar-refractivity contribution is 6.10. The van der Waals surface area contributed by atoms with Crippen LogP contribution in [0.25, 0.3) is 61.3 Å². The lowest BCUT2D eigenvalue weighted by atomic mass is 10.0. The van der Waals surface area contributed by atoms with Gasteiger partial charge in [-0.15, -0.1) is 0 Å². The highest BCUT2D eigenvalue weighted by Crippen LogP contribution is 2.37. The van der Waals surface area contributed by atoms with E-state index in [2.05, 4.69) is 139 Å². The van der Waals surface area contributed by atoms with Crippen molar-refractivity contribution >= 4 is 38.8 Å². The average molecular weight is 518 g/mol. The van der Waals surface area contributed by atoms with Crippen molar-refractivity contribution in [3.63, 3.8) is 0 Å². The van der Waals surface area contributed by atoms with Gasteiger partial charge >= 0.3 is 0 Å². The van der Waals surface area contributed by atoms with Crippen LogP contribution in [0, 0.1) is 20.8 Å². The minimum atomic E-state index is 1.10. The van der Waals surface area contributed by atoms with E-state index in [0.717, 1.165) is 11.4 Å². The fraction of sp³-hybridized carbons (Fsp3) is 0.0811. The molecule has 0 saturated carbocycles. The molecular weight excluding hydrogens is 486 g/mol. The second-order valence-electron chi connectivity index (χ2n) is 10.7. The summed E-state index contributed by atoms with van der Waals surface area (Å²) in [5.41, 5.74) is 19.1. The highest BCUT2D eigenvalue weighted by atomic mass is 15.0. The molecule has 0 saturated heterocycles. The van der Waals surface area contributed by atoms with Crippen LogP contribution in [0.4, 0.5) is 0 Å². The van der Waals surface area contributed by atoms with Crippen LogP contribution < -0.4 is 5.73 Å². The predicted octanol–water partition coefficient (Wildman–Crippen LogP) is 9.25. The summed E-state index contributed by atoms with van der Waals surface area (Å²) in [6, 6.07) is 39.7. The Bertz CT molecular complexity index is 2070. The highest BCUT2D eigenvalue weighted by Gasteiger charge is 2.18. The van der Waals surface area contributed by atoms with Gasteiger partial charge in [-0.25, -0.2) is 0 Å². The summed E-state index contributed by atoms with van der Waals surface area (Å²) in [6.45, 7) is 6.44. The molecule has 0 aliphatic heterocycles. The molecule has 0 spiro atoms. The van der Waals surface area contributed by atoms with Gasteiger partial charge in [0.25, 0.3) is 0 Å². The topological polar surface area (TPSA) is 35.9 Å². The van der Waals surface area contributed by atoms with Crippen LogP contribution in [-0.2, 0) is 0 Å². The van der Waals surface area contributed by atoms with E-state index in [4.69, 9.17) is 5.73 Å². The largest absolute Gasteiger partial charge is 0.405 e. The molecule has 0 atom stereocenters. The Labute approximate surface area is 234 Å². The number of hydrogen-bond acceptors (Lipinski definition) is 1. The molecule has 0 aliphatic rings. The molecule has 194 valence electrons. The third kappa shape index (κ3) is 3.74. The smallest absolute Gasteiger partial charge is 0.0542 e. The molecule has 7 aromatic rings. The van der Waals surface area contributed by atoms with Gasteiger partial charge in [0.2, 0.25) is 0 Å². The number of benzene rings is 5. The minimum Gasteiger partial charge on any atom is -0.405 e. The molecule has 40 heavy (non-hydrogen) atoms. The number of aryl methyl sites for hydroxylation is 3. The number of rotatable bonds is 4. The van der Waals surface area contributed by atoms with Gasteiger partial charge in [0, 0.05) is 27.5 Å². The van der Waals surface area contributed by atoms with E-state index in [1.807, 2.05) is 6.08 Å². The van der Waals surface area contributed by atoms with E-state index in [9.17, 15) is 0 Å². The SMILES string of the molecule is Cc1ccc(-c2ccc3c(c2)c(C)c(/C=C\N)n3-c2ccc3c(c2)c2ccccc2n3-c2ccc(C)cc2)cc1. The molecule has 2 aromatic heterocycles. The van der Waals surface area contributed by atoms with Gasteiger partial charge in [0.15, 0.2) is 0 Å². The maximum Gasteiger partial charge on any atom is 0.0542 e. The second kappa shape index (κ2) is 9.32. The molecule has 2 N–H and O–H groups in total. The van der Waals surface area contributed by atoms with Crippen LogP contribution in [0.2, 0.25) is 0 Å². The summed E-state index contributed by atoms with van der Waals surface area (Å²) < 4.78 is 4.70. The molecule has 3 heteroatoms. The number of hydrogen-bond donors (Lipinski definition) is 1. The van der Waals surface area contributed by atoms with E-state index in [0.29, 0.717) is 0 Å². The second-order valence-corrected chi connectivity index (χ2v) is 10.7. The lowest BCUT2D eigenvalue weighted by Crippen LogP contribution is -1.98. The van der Waals surface area contributed by atoms with E-state index in [-0.39, 0.29) is 0 Å². The Kier molecular flexibility index (Phi) is 5.60. The Morgan fingerprint density at radius 1 is 0.525 bits per heavy atom. The zero-order valence-electron chi connectivity index (χ0n) is 23.0. The van der Waals surface area contributed by atoms with Crippen LogP contribution in [-0.4, -0.2) is 9.13 Å². The number of para-hydroxylation sites is 1. The summed E-state index contributed by atoms with van der Waals surface area (Å²) in [5, 5.41) is 3.70. The molecule has 7 rings (SSSR count). The van der Waals surface area contributed by atoms with Crippen LogP contribution in [0.3, 0.4) is 0 Å². The summed E-state index contributed by atoms with van der Waals surface area (Å²) in [6.07, 6.45) is 3.65. The zero-order chi connectivity index (χ0) is 27.4. The Balaban J connectivity index is 1.47. The number of aromatic nitrogens is 2. The Morgan fingerprint density at radius 3 is 1.88 bits per heavy atom. The predicted molar refractivity (Wildman–Crippen MR) is 170 cm³/mol. The van der Waals surface area contributed by atoms with Gasteiger partial charge in [0.1, 0.15) is 0 Å². The quantitative estimate of drug-likeness (QED) is 0.248. The average Bonchev–Trinajstić information content (AvgIpc) is 3.45. The van der Waals surface area contributed by atoms with Crippen molar-refractivity contribution in [1.82, 2.24) is 9.13 Å². The molecule has 0 amide bonds. The van der Waals surface area contributed by atoms with Gasteiger partial charge in [-0.1, -0.05) is 71.8 Å². The van der Waals surface area contributed by atoms with Crippen molar-refractivity contribution in [2.45, 2.75) is 20.8 Å². The molecule has 0 radical (unpaired) electrons. The standard InChI is InChI=1S/C37H31N3/c1-24-8-12-27(13-9-24)28-14-18-36-32(22-28)26(3)34(20-21-38)40(36)30-17-19-37-33(23-30)31-6-4-5-7-35(31)39(37)29-15-10-25(2)11-16-29/h4-23H,38H2,1-3H3/b21-20-. The minimum absolute atomic E-state index is 1.10. The van der Waals surface area contributed by atoms with Gasteiger partial charge in [-0.05, 0) is 98.3 Å². The summed E-state index contributed by atoms with van der Waals surface area (Å²) >= 11 is 0. The lowest BCUT2D eigenvalue weighted by Gasteiger charge is -2.12. The molecular formula is C37H31N3. The van der Waals surface area contributed by atoms with Gasteiger partial charge < -0.3 is 14.9 Å². The Morgan fingerprint density at radius 2 is 1.12 bits per heavy atom. The third-order valence-electron chi connectivity index (χ3n) is 8.11. The maximum absolute atomic E-state index is 5.98. The molecule has 0 bridgehead atoms. The summed E-state index contributed by atoms with van der Waals surface area (Å²) in [7, 11) is 0. The molecule has 2 heterocycles. The van der Waals surface area contributed by atoms with Gasteiger partial charge in [0.05, 0.1) is 22.2 Å². The van der Waals surface area contributed by atoms with Crippen LogP contribution >= 0.6 is 0 Å². The van der Waals surface area contributed by atoms with Crippen LogP contribution in [0.15, 0.2) is 115 Å². The van der Waals surface area contributed by atoms with E-state index >= 15 is 0 Å². The monoisotopic (exact) mass is 517 g/mol. The molecule has 0 unspecified atom stereocenters. The lowest BCUT2D eigenvalue weighted by molar-refractivity contribution is 1.10. The first-order valence-corrected chi connectivity index (χ1v) is 13.7. The molecule has 5 aromatic carbocycles. The van der Waals surface area contributed by atoms with Gasteiger partial charge in [-0.3, -0.25) is 0 Å². The Hall–Kier alpha value is -5.02. The van der Waals surface area contributed by atoms with Crippen molar-refractivity contribution < 1.29 is 0 Å². The van der Waals surface area contributed by atoms with E-state index in [1.54, 1.807) is 6.20 Å². The number of fused-ring (bicyclic) bond motifs is 4. The molecule has 0 fully saturated rings. The van der Waals surface area contributed by atoms with Crippen molar-refractivity contribution in [2.75, 3.05) is 0 Å². The number of nitrogens with two attached hydrogens (primary N) is 1. The van der Waals surface area contributed by atoms with Crippen LogP contribution in [0.5, 0.6) is 0 Å². The first kappa shape index (κ1) is 24.1. The number of nitrogens with zero attached hydrogens (tertiary/aromatic N) is 2. The summed E-state index contributed by atoms with van der Waals surface area (Å²) in [5.74, 6) is 0. The van der Waals surface area contributed by atoms with Crippen molar-refractivity contribution in [2.24, 2.45) is 5.73 Å². The van der Waals surface area contributed by atoms with Gasteiger partial charge in [-0.2, -0.15) is 0 Å². The first-order chi connectivity index (χ1) is 19.5. The first-order valence-electron chi connectivity index (χ1n) is 13.7. The van der Waals surface area contributed by atoms with Crippen molar-refractivity contribution in [1.29, 1.82) is 0 Å². The maximum atomic E-state index is 5.98. The fourth-order valence-electron chi connectivity index (χ4n) is 6.03. The van der Waals surface area contributed by atoms with Crippen molar-refractivity contribution in [3.05, 3.63) is 138 Å². The van der Waals surface area contributed by atoms with Crippen LogP contribution in [0.1, 0.15) is 22.4 Å².